The molecule has 0 fully saturated rings. The lowest BCUT2D eigenvalue weighted by Gasteiger charge is -2.18. The number of hydrogen-bond donors (Lipinski definition) is 1. The smallest absolute Gasteiger partial charge is 0.319 e. The molecule has 0 atom stereocenters. The van der Waals surface area contributed by atoms with E-state index in [-0.39, 0.29) is 0 Å². The molecule has 0 aliphatic heterocycles. The van der Waals surface area contributed by atoms with Crippen LogP contribution in [-0.4, -0.2) is 25.6 Å². The van der Waals surface area contributed by atoms with E-state index < -0.39 is 10.7 Å². The molecule has 5 heteroatoms. The van der Waals surface area contributed by atoms with Gasteiger partial charge in [-0.3, -0.25) is 9.48 Å². The highest BCUT2D eigenvalue weighted by Crippen LogP contribution is 2.33. The van der Waals surface area contributed by atoms with Gasteiger partial charge in [-0.1, -0.05) is 12.1 Å². The second-order valence-corrected chi connectivity index (χ2v) is 6.54. The number of rotatable bonds is 4. The van der Waals surface area contributed by atoms with E-state index in [0.29, 0.717) is 0 Å². The van der Waals surface area contributed by atoms with Gasteiger partial charge in [-0.15, -0.1) is 11.8 Å². The maximum atomic E-state index is 11.1. The summed E-state index contributed by atoms with van der Waals surface area (Å²) < 4.78 is 0.932. The highest BCUT2D eigenvalue weighted by atomic mass is 32.2. The fourth-order valence-corrected chi connectivity index (χ4v) is 2.57. The number of benzene rings is 1. The Labute approximate surface area is 116 Å². The number of aryl methyl sites for hydroxylation is 1. The number of thioether (sulfide) groups is 1. The molecule has 1 N–H and O–H groups in total. The topological polar surface area (TPSA) is 55.1 Å². The molecule has 0 aliphatic rings. The van der Waals surface area contributed by atoms with Gasteiger partial charge in [0.25, 0.3) is 0 Å². The van der Waals surface area contributed by atoms with E-state index in [9.17, 15) is 4.79 Å². The van der Waals surface area contributed by atoms with Crippen LogP contribution in [-0.2, 0) is 11.8 Å². The second kappa shape index (κ2) is 5.09. The zero-order valence-electron chi connectivity index (χ0n) is 11.1. The first kappa shape index (κ1) is 13.7. The third kappa shape index (κ3) is 3.17. The lowest BCUT2D eigenvalue weighted by atomic mass is 10.1. The van der Waals surface area contributed by atoms with Crippen LogP contribution < -0.4 is 0 Å². The largest absolute Gasteiger partial charge is 0.480 e. The zero-order chi connectivity index (χ0) is 14.0. The maximum Gasteiger partial charge on any atom is 0.319 e. The summed E-state index contributed by atoms with van der Waals surface area (Å²) in [6.07, 6.45) is 3.76. The molecule has 1 aromatic carbocycles. The van der Waals surface area contributed by atoms with E-state index in [1.165, 1.54) is 11.8 Å². The third-order valence-electron chi connectivity index (χ3n) is 2.78. The monoisotopic (exact) mass is 276 g/mol. The fraction of sp³-hybridized carbons (Fsp3) is 0.286. The molecule has 1 heterocycles. The van der Waals surface area contributed by atoms with Gasteiger partial charge in [0.15, 0.2) is 0 Å². The predicted molar refractivity (Wildman–Crippen MR) is 76.2 cm³/mol. The van der Waals surface area contributed by atoms with E-state index in [1.54, 1.807) is 18.5 Å². The Hall–Kier alpha value is -1.75. The van der Waals surface area contributed by atoms with Crippen LogP contribution in [0.5, 0.6) is 0 Å². The molecule has 0 radical (unpaired) electrons. The molecule has 0 bridgehead atoms. The van der Waals surface area contributed by atoms with Gasteiger partial charge < -0.3 is 5.11 Å². The lowest BCUT2D eigenvalue weighted by molar-refractivity contribution is -0.138. The van der Waals surface area contributed by atoms with Gasteiger partial charge in [0.2, 0.25) is 0 Å². The van der Waals surface area contributed by atoms with Crippen LogP contribution in [0.15, 0.2) is 41.6 Å². The molecule has 0 spiro atoms. The van der Waals surface area contributed by atoms with Crippen molar-refractivity contribution in [2.45, 2.75) is 23.5 Å². The van der Waals surface area contributed by atoms with E-state index in [1.807, 2.05) is 43.7 Å². The fourth-order valence-electron chi connectivity index (χ4n) is 1.62. The molecule has 0 unspecified atom stereocenters. The summed E-state index contributed by atoms with van der Waals surface area (Å²) in [5.41, 5.74) is 2.13. The van der Waals surface area contributed by atoms with Crippen molar-refractivity contribution in [2.75, 3.05) is 0 Å². The highest BCUT2D eigenvalue weighted by molar-refractivity contribution is 8.01. The Balaban J connectivity index is 2.17. The normalized spacial score (nSPS) is 11.5. The number of hydrogen-bond acceptors (Lipinski definition) is 3. The van der Waals surface area contributed by atoms with Gasteiger partial charge in [0.05, 0.1) is 6.20 Å². The second-order valence-electron chi connectivity index (χ2n) is 4.84. The van der Waals surface area contributed by atoms with Gasteiger partial charge in [-0.25, -0.2) is 0 Å². The predicted octanol–water partition coefficient (Wildman–Crippen LogP) is 3.04. The first-order chi connectivity index (χ1) is 8.88. The van der Waals surface area contributed by atoms with E-state index in [2.05, 4.69) is 5.10 Å². The van der Waals surface area contributed by atoms with Gasteiger partial charge in [0, 0.05) is 23.7 Å². The average molecular weight is 276 g/mol. The van der Waals surface area contributed by atoms with E-state index in [0.717, 1.165) is 16.0 Å². The minimum Gasteiger partial charge on any atom is -0.480 e. The van der Waals surface area contributed by atoms with Crippen LogP contribution in [0.25, 0.3) is 11.1 Å². The minimum absolute atomic E-state index is 0.811. The molecular formula is C14H16N2O2S. The molecule has 0 amide bonds. The van der Waals surface area contributed by atoms with Crippen molar-refractivity contribution < 1.29 is 9.90 Å². The summed E-state index contributed by atoms with van der Waals surface area (Å²) in [4.78, 5) is 12.0. The van der Waals surface area contributed by atoms with Crippen molar-refractivity contribution in [1.29, 1.82) is 0 Å². The number of carboxylic acids is 1. The molecule has 4 nitrogen and oxygen atoms in total. The summed E-state index contributed by atoms with van der Waals surface area (Å²) in [6, 6.07) is 7.85. The molecule has 19 heavy (non-hydrogen) atoms. The van der Waals surface area contributed by atoms with Crippen LogP contribution in [0.1, 0.15) is 13.8 Å². The van der Waals surface area contributed by atoms with Crippen LogP contribution in [0.2, 0.25) is 0 Å². The molecule has 0 aliphatic carbocycles. The summed E-state index contributed by atoms with van der Waals surface area (Å²) in [7, 11) is 1.88. The summed E-state index contributed by atoms with van der Waals surface area (Å²) in [5, 5.41) is 13.2. The van der Waals surface area contributed by atoms with Gasteiger partial charge >= 0.3 is 5.97 Å². The molecular weight excluding hydrogens is 260 g/mol. The third-order valence-corrected chi connectivity index (χ3v) is 3.97. The SMILES string of the molecule is Cn1cc(-c2ccc(SC(C)(C)C(=O)O)cc2)cn1. The Morgan fingerprint density at radius 2 is 1.89 bits per heavy atom. The summed E-state index contributed by atoms with van der Waals surface area (Å²) >= 11 is 1.34. The molecule has 1 aromatic heterocycles. The van der Waals surface area contributed by atoms with Crippen LogP contribution in [0.4, 0.5) is 0 Å². The van der Waals surface area contributed by atoms with Crippen molar-refractivity contribution in [3.63, 3.8) is 0 Å². The standard InChI is InChI=1S/C14H16N2O2S/c1-14(2,13(17)18)19-12-6-4-10(5-7-12)11-8-15-16(3)9-11/h4-9H,1-3H3,(H,17,18). The molecule has 2 rings (SSSR count). The summed E-state index contributed by atoms with van der Waals surface area (Å²) in [5.74, 6) is -0.811. The number of carbonyl (C=O) groups is 1. The van der Waals surface area contributed by atoms with Gasteiger partial charge in [-0.05, 0) is 31.5 Å². The van der Waals surface area contributed by atoms with Crippen LogP contribution in [0, 0.1) is 0 Å². The van der Waals surface area contributed by atoms with Gasteiger partial charge in [-0.2, -0.15) is 5.10 Å². The molecule has 2 aromatic rings. The van der Waals surface area contributed by atoms with Gasteiger partial charge in [0.1, 0.15) is 4.75 Å². The number of aliphatic carboxylic acids is 1. The molecule has 0 saturated heterocycles. The molecule has 100 valence electrons. The zero-order valence-corrected chi connectivity index (χ0v) is 11.9. The Kier molecular flexibility index (Phi) is 3.66. The first-order valence-corrected chi connectivity index (χ1v) is 6.71. The quantitative estimate of drug-likeness (QED) is 0.872. The van der Waals surface area contributed by atoms with Crippen LogP contribution >= 0.6 is 11.8 Å². The van der Waals surface area contributed by atoms with Crippen molar-refractivity contribution in [1.82, 2.24) is 9.78 Å². The van der Waals surface area contributed by atoms with Crippen molar-refractivity contribution >= 4 is 17.7 Å². The minimum atomic E-state index is -0.824. The number of nitrogens with zero attached hydrogens (tertiary/aromatic N) is 2. The van der Waals surface area contributed by atoms with E-state index >= 15 is 0 Å². The van der Waals surface area contributed by atoms with Crippen LogP contribution in [0.3, 0.4) is 0 Å². The van der Waals surface area contributed by atoms with Crippen molar-refractivity contribution in [3.05, 3.63) is 36.7 Å². The first-order valence-electron chi connectivity index (χ1n) is 5.90. The Morgan fingerprint density at radius 3 is 2.37 bits per heavy atom. The van der Waals surface area contributed by atoms with E-state index in [4.69, 9.17) is 5.11 Å². The molecule has 0 saturated carbocycles. The Bertz CT molecular complexity index is 588. The Morgan fingerprint density at radius 1 is 1.26 bits per heavy atom. The lowest BCUT2D eigenvalue weighted by Crippen LogP contribution is -2.26. The summed E-state index contributed by atoms with van der Waals surface area (Å²) in [6.45, 7) is 3.41. The number of aromatic nitrogens is 2. The highest BCUT2D eigenvalue weighted by Gasteiger charge is 2.28. The number of carboxylic acid groups (broad SMARTS) is 1. The maximum absolute atomic E-state index is 11.1. The van der Waals surface area contributed by atoms with Crippen molar-refractivity contribution in [2.24, 2.45) is 7.05 Å². The van der Waals surface area contributed by atoms with Crippen molar-refractivity contribution in [3.8, 4) is 11.1 Å². The average Bonchev–Trinajstić information content (AvgIpc) is 2.76.